The van der Waals surface area contributed by atoms with E-state index in [1.165, 1.54) is 0 Å². The molecule has 2 aliphatic carbocycles. The molecule has 3 heterocycles. The normalized spacial score (nSPS) is 27.1. The van der Waals surface area contributed by atoms with Crippen LogP contribution in [-0.2, 0) is 40.1 Å². The summed E-state index contributed by atoms with van der Waals surface area (Å²) in [6, 6.07) is 17.9. The number of hydrogen-bond acceptors (Lipinski definition) is 8. The van der Waals surface area contributed by atoms with Gasteiger partial charge in [0.2, 0.25) is 41.4 Å². The van der Waals surface area contributed by atoms with Crippen molar-refractivity contribution in [2.75, 3.05) is 22.5 Å². The lowest BCUT2D eigenvalue weighted by Crippen LogP contribution is -2.65. The quantitative estimate of drug-likeness (QED) is 0.0416. The summed E-state index contributed by atoms with van der Waals surface area (Å²) in [6.07, 6.45) is 10.5. The second-order valence-electron chi connectivity index (χ2n) is 23.2. The predicted molar refractivity (Wildman–Crippen MR) is 292 cm³/mol. The Morgan fingerprint density at radius 2 is 0.880 bits per heavy atom. The maximum atomic E-state index is 15.2. The molecule has 75 heavy (non-hydrogen) atoms. The standard InChI is InChI=1S/C60H79N7O8/c1-8-22-55(33-57(24-10-3)37-58(34-55,25-11-4)52(73)65-51(57)72)49(70)63-41-18-20-45-43(30-41)44-31-42(19-21-46(44)67(45)32-47(68)62-40-17-15-16-39(29-40)48(69)61-28-14-7)64-50(71)56(23-9-2)35-59(26-12-5)38-60(36-56,27-13-6)54(75)66-53(59)74/h15-21,29-31H,8-14,22-28,32-38H2,1-7H3,(H,61,69)(H,62,68)(H,63,70)(H,64,71)(H,65,72,73)(H,66,74,75)/t55?,56?,57-,58+,59-,60+. The highest BCUT2D eigenvalue weighted by molar-refractivity contribution is 6.13. The molecule has 2 saturated carbocycles. The van der Waals surface area contributed by atoms with Gasteiger partial charge in [0.05, 0.1) is 32.5 Å². The minimum absolute atomic E-state index is 0.118. The highest BCUT2D eigenvalue weighted by Crippen LogP contribution is 2.63. The van der Waals surface area contributed by atoms with Crippen molar-refractivity contribution in [3.63, 3.8) is 0 Å². The summed E-state index contributed by atoms with van der Waals surface area (Å²) in [5.74, 6) is -2.19. The van der Waals surface area contributed by atoms with E-state index in [0.717, 1.165) is 32.1 Å². The number of aromatic nitrogens is 1. The number of carbonyl (C=O) groups excluding carboxylic acids is 8. The third-order valence-corrected chi connectivity index (χ3v) is 17.4. The summed E-state index contributed by atoms with van der Waals surface area (Å²) in [5.41, 5.74) is -2.17. The van der Waals surface area contributed by atoms with E-state index in [9.17, 15) is 28.8 Å². The maximum absolute atomic E-state index is 15.2. The number of rotatable bonds is 22. The molecule has 2 saturated heterocycles. The minimum Gasteiger partial charge on any atom is -0.352 e. The van der Waals surface area contributed by atoms with Gasteiger partial charge < -0.3 is 25.8 Å². The average molecular weight is 1030 g/mol. The number of nitrogens with one attached hydrogen (secondary N) is 6. The summed E-state index contributed by atoms with van der Waals surface area (Å²) in [6.45, 7) is 14.6. The Morgan fingerprint density at radius 1 is 0.480 bits per heavy atom. The van der Waals surface area contributed by atoms with Crippen LogP contribution >= 0.6 is 0 Å². The zero-order valence-electron chi connectivity index (χ0n) is 45.3. The van der Waals surface area contributed by atoms with Gasteiger partial charge in [0.25, 0.3) is 5.91 Å². The van der Waals surface area contributed by atoms with Crippen molar-refractivity contribution in [1.82, 2.24) is 20.5 Å². The largest absolute Gasteiger partial charge is 0.352 e. The fraction of sp³-hybridized carbons (Fsp3) is 0.567. The SMILES string of the molecule is CCCNC(=O)c1cccc(NC(=O)Cn2c3ccc(NC(=O)C4(CCC)C[C@@]5(CCC)C[C@@](CCC)(C4)C(=O)NC5=O)cc3c3cc(NC(=O)C4(CCC)C[C@@]5(CCC)C[C@@](CCC)(C4)C(=O)NC5=O)ccc32)c1. The molecule has 6 N–H and O–H groups in total. The van der Waals surface area contributed by atoms with E-state index < -0.39 is 32.5 Å². The third kappa shape index (κ3) is 10.1. The van der Waals surface area contributed by atoms with E-state index >= 15 is 9.59 Å². The Labute approximate surface area is 441 Å². The molecule has 6 atom stereocenters. The van der Waals surface area contributed by atoms with Crippen molar-refractivity contribution < 1.29 is 38.4 Å². The molecule has 402 valence electrons. The zero-order chi connectivity index (χ0) is 54.0. The number of carbonyl (C=O) groups is 8. The number of anilines is 3. The van der Waals surface area contributed by atoms with Gasteiger partial charge in [0.1, 0.15) is 6.54 Å². The number of hydrogen-bond donors (Lipinski definition) is 6. The Balaban J connectivity index is 1.19. The van der Waals surface area contributed by atoms with Crippen LogP contribution in [0.1, 0.15) is 181 Å². The number of imide groups is 2. The first-order valence-electron chi connectivity index (χ1n) is 28.0. The first-order valence-corrected chi connectivity index (χ1v) is 28.0. The monoisotopic (exact) mass is 1030 g/mol. The Bertz CT molecular complexity index is 2710. The molecule has 1 aromatic heterocycles. The predicted octanol–water partition coefficient (Wildman–Crippen LogP) is 10.8. The molecule has 3 aromatic carbocycles. The van der Waals surface area contributed by atoms with Gasteiger partial charge in [-0.25, -0.2) is 0 Å². The number of amides is 8. The van der Waals surface area contributed by atoms with Gasteiger partial charge in [0, 0.05) is 51.0 Å². The molecule has 15 heteroatoms. The second-order valence-corrected chi connectivity index (χ2v) is 23.2. The highest BCUT2D eigenvalue weighted by Gasteiger charge is 2.66. The Kier molecular flexibility index (Phi) is 15.9. The van der Waals surface area contributed by atoms with Crippen molar-refractivity contribution in [3.8, 4) is 0 Å². The molecule has 8 rings (SSSR count). The van der Waals surface area contributed by atoms with Crippen molar-refractivity contribution in [2.45, 2.75) is 177 Å². The second kappa shape index (κ2) is 21.7. The molecule has 4 bridgehead atoms. The van der Waals surface area contributed by atoms with E-state index in [-0.39, 0.29) is 53.8 Å². The lowest BCUT2D eigenvalue weighted by molar-refractivity contribution is -0.171. The van der Waals surface area contributed by atoms with Gasteiger partial charge >= 0.3 is 0 Å². The van der Waals surface area contributed by atoms with Crippen LogP contribution in [0.5, 0.6) is 0 Å². The lowest BCUT2D eigenvalue weighted by Gasteiger charge is -2.57. The molecule has 0 spiro atoms. The molecule has 8 amide bonds. The fourth-order valence-electron chi connectivity index (χ4n) is 15.0. The van der Waals surface area contributed by atoms with Gasteiger partial charge in [-0.05, 0) is 138 Å². The first kappa shape index (κ1) is 54.9. The molecule has 15 nitrogen and oxygen atoms in total. The number of nitrogens with zero attached hydrogens (tertiary/aromatic N) is 1. The third-order valence-electron chi connectivity index (χ3n) is 17.4. The summed E-state index contributed by atoms with van der Waals surface area (Å²) < 4.78 is 1.89. The van der Waals surface area contributed by atoms with Crippen LogP contribution in [0.4, 0.5) is 17.1 Å². The number of fused-ring (bicyclic) bond motifs is 7. The van der Waals surface area contributed by atoms with E-state index in [1.807, 2.05) is 89.4 Å². The minimum atomic E-state index is -1.00. The van der Waals surface area contributed by atoms with Gasteiger partial charge in [-0.2, -0.15) is 0 Å². The fourth-order valence-corrected chi connectivity index (χ4v) is 15.0. The topological polar surface area (TPSA) is 214 Å². The van der Waals surface area contributed by atoms with E-state index in [0.29, 0.717) is 141 Å². The molecule has 2 aliphatic heterocycles. The summed E-state index contributed by atoms with van der Waals surface area (Å²) in [7, 11) is 0. The molecule has 4 fully saturated rings. The highest BCUT2D eigenvalue weighted by atomic mass is 16.2. The number of benzene rings is 3. The van der Waals surface area contributed by atoms with Crippen molar-refractivity contribution in [3.05, 3.63) is 66.2 Å². The molecule has 2 unspecified atom stereocenters. The maximum Gasteiger partial charge on any atom is 0.251 e. The van der Waals surface area contributed by atoms with Gasteiger partial charge in [-0.3, -0.25) is 49.0 Å². The number of piperidine rings is 2. The molecule has 4 aromatic rings. The summed E-state index contributed by atoms with van der Waals surface area (Å²) in [4.78, 5) is 113. The lowest BCUT2D eigenvalue weighted by atomic mass is 9.47. The Hall–Kier alpha value is -6.38. The Morgan fingerprint density at radius 3 is 1.27 bits per heavy atom. The van der Waals surface area contributed by atoms with Crippen LogP contribution in [0.3, 0.4) is 0 Å². The van der Waals surface area contributed by atoms with E-state index in [2.05, 4.69) is 31.9 Å². The van der Waals surface area contributed by atoms with Gasteiger partial charge in [0.15, 0.2) is 0 Å². The van der Waals surface area contributed by atoms with Crippen molar-refractivity contribution in [1.29, 1.82) is 0 Å². The van der Waals surface area contributed by atoms with Crippen LogP contribution in [0.25, 0.3) is 21.8 Å². The van der Waals surface area contributed by atoms with Crippen LogP contribution in [0.15, 0.2) is 60.7 Å². The summed E-state index contributed by atoms with van der Waals surface area (Å²) >= 11 is 0. The zero-order valence-corrected chi connectivity index (χ0v) is 45.3. The van der Waals surface area contributed by atoms with E-state index in [1.54, 1.807) is 24.3 Å². The van der Waals surface area contributed by atoms with E-state index in [4.69, 9.17) is 0 Å². The van der Waals surface area contributed by atoms with Gasteiger partial charge in [-0.1, -0.05) is 93.1 Å². The molecule has 0 radical (unpaired) electrons. The average Bonchev–Trinajstić information content (AvgIpc) is 3.66. The van der Waals surface area contributed by atoms with Crippen LogP contribution < -0.4 is 31.9 Å². The van der Waals surface area contributed by atoms with Crippen LogP contribution in [-0.4, -0.2) is 58.4 Å². The van der Waals surface area contributed by atoms with Crippen molar-refractivity contribution in [2.24, 2.45) is 32.5 Å². The molecular formula is C60H79N7O8. The van der Waals surface area contributed by atoms with Crippen molar-refractivity contribution >= 4 is 86.1 Å². The smallest absolute Gasteiger partial charge is 0.251 e. The summed E-state index contributed by atoms with van der Waals surface area (Å²) in [5, 5.41) is 19.3. The first-order chi connectivity index (χ1) is 35.9. The molecule has 4 aliphatic rings. The van der Waals surface area contributed by atoms with Crippen LogP contribution in [0.2, 0.25) is 0 Å². The molecular weight excluding hydrogens is 947 g/mol. The van der Waals surface area contributed by atoms with Gasteiger partial charge in [-0.15, -0.1) is 0 Å². The van der Waals surface area contributed by atoms with Crippen LogP contribution in [0, 0.1) is 32.5 Å².